The van der Waals surface area contributed by atoms with E-state index in [0.29, 0.717) is 11.3 Å². The van der Waals surface area contributed by atoms with Gasteiger partial charge < -0.3 is 11.1 Å². The lowest BCUT2D eigenvalue weighted by Crippen LogP contribution is -2.13. The molecule has 0 aliphatic carbocycles. The second kappa shape index (κ2) is 5.85. The van der Waals surface area contributed by atoms with Crippen molar-refractivity contribution >= 4 is 44.8 Å². The van der Waals surface area contributed by atoms with Crippen LogP contribution < -0.4 is 11.1 Å². The monoisotopic (exact) mass is 352 g/mol. The number of carbonyl (C=O) groups excluding carboxylic acids is 1. The molecule has 0 fully saturated rings. The third kappa shape index (κ3) is 2.97. The van der Waals surface area contributed by atoms with Gasteiger partial charge in [0.2, 0.25) is 0 Å². The average Bonchev–Trinajstić information content (AvgIpc) is 2.39. The van der Waals surface area contributed by atoms with Crippen LogP contribution in [0.5, 0.6) is 0 Å². The molecule has 0 spiro atoms. The number of amides is 1. The fourth-order valence-corrected chi connectivity index (χ4v) is 2.38. The first-order valence-electron chi connectivity index (χ1n) is 6.02. The van der Waals surface area contributed by atoms with Crippen LogP contribution in [0.1, 0.15) is 21.5 Å². The van der Waals surface area contributed by atoms with Gasteiger partial charge in [-0.1, -0.05) is 33.6 Å². The first kappa shape index (κ1) is 14.9. The van der Waals surface area contributed by atoms with Crippen LogP contribution in [0.3, 0.4) is 0 Å². The quantitative estimate of drug-likeness (QED) is 0.778. The van der Waals surface area contributed by atoms with Gasteiger partial charge in [0.15, 0.2) is 0 Å². The first-order valence-corrected chi connectivity index (χ1v) is 7.19. The van der Waals surface area contributed by atoms with Gasteiger partial charge in [0.25, 0.3) is 5.91 Å². The van der Waals surface area contributed by atoms with E-state index in [1.807, 2.05) is 26.0 Å². The van der Waals surface area contributed by atoms with E-state index in [1.165, 1.54) is 0 Å². The third-order valence-electron chi connectivity index (χ3n) is 2.97. The molecule has 3 nitrogen and oxygen atoms in total. The highest BCUT2D eigenvalue weighted by molar-refractivity contribution is 9.10. The molecule has 0 radical (unpaired) electrons. The highest BCUT2D eigenvalue weighted by atomic mass is 79.9. The molecule has 0 aromatic heterocycles. The Labute approximate surface area is 131 Å². The smallest absolute Gasteiger partial charge is 0.257 e. The molecular weight excluding hydrogens is 340 g/mol. The van der Waals surface area contributed by atoms with E-state index in [2.05, 4.69) is 21.2 Å². The third-order valence-corrected chi connectivity index (χ3v) is 4.64. The van der Waals surface area contributed by atoms with Crippen LogP contribution in [0.2, 0.25) is 5.02 Å². The number of nitrogens with two attached hydrogens (primary N) is 1. The van der Waals surface area contributed by atoms with Gasteiger partial charge in [-0.3, -0.25) is 4.79 Å². The molecule has 0 atom stereocenters. The summed E-state index contributed by atoms with van der Waals surface area (Å²) in [4.78, 5) is 12.2. The minimum atomic E-state index is -0.275. The summed E-state index contributed by atoms with van der Waals surface area (Å²) in [7, 11) is 0. The molecule has 0 saturated heterocycles. The van der Waals surface area contributed by atoms with E-state index in [4.69, 9.17) is 17.3 Å². The predicted molar refractivity (Wildman–Crippen MR) is 87.4 cm³/mol. The summed E-state index contributed by atoms with van der Waals surface area (Å²) in [5, 5.41) is 3.11. The standard InChI is InChI=1S/C15H14BrClN2O/c1-8-6-10(7-9(2)13(8)16)19-15(20)11-4-3-5-12(18)14(11)17/h3-7H,18H2,1-2H3,(H,19,20). The largest absolute Gasteiger partial charge is 0.398 e. The summed E-state index contributed by atoms with van der Waals surface area (Å²) < 4.78 is 1.04. The van der Waals surface area contributed by atoms with E-state index in [-0.39, 0.29) is 10.9 Å². The van der Waals surface area contributed by atoms with Gasteiger partial charge in [0, 0.05) is 10.2 Å². The minimum Gasteiger partial charge on any atom is -0.398 e. The van der Waals surface area contributed by atoms with Crippen LogP contribution >= 0.6 is 27.5 Å². The van der Waals surface area contributed by atoms with Gasteiger partial charge in [-0.25, -0.2) is 0 Å². The Kier molecular flexibility index (Phi) is 4.35. The molecule has 0 bridgehead atoms. The first-order chi connectivity index (χ1) is 9.40. The molecule has 3 N–H and O–H groups in total. The highest BCUT2D eigenvalue weighted by Gasteiger charge is 2.13. The van der Waals surface area contributed by atoms with Crippen molar-refractivity contribution in [1.82, 2.24) is 0 Å². The number of hydrogen-bond acceptors (Lipinski definition) is 2. The number of rotatable bonds is 2. The van der Waals surface area contributed by atoms with Crippen molar-refractivity contribution in [3.63, 3.8) is 0 Å². The number of hydrogen-bond donors (Lipinski definition) is 2. The molecule has 2 aromatic carbocycles. The van der Waals surface area contributed by atoms with Crippen molar-refractivity contribution in [1.29, 1.82) is 0 Å². The maximum Gasteiger partial charge on any atom is 0.257 e. The maximum atomic E-state index is 12.2. The van der Waals surface area contributed by atoms with Crippen molar-refractivity contribution in [3.8, 4) is 0 Å². The van der Waals surface area contributed by atoms with Crippen molar-refractivity contribution in [2.45, 2.75) is 13.8 Å². The van der Waals surface area contributed by atoms with E-state index >= 15 is 0 Å². The van der Waals surface area contributed by atoms with E-state index in [9.17, 15) is 4.79 Å². The zero-order chi connectivity index (χ0) is 14.9. The molecule has 0 unspecified atom stereocenters. The second-order valence-corrected chi connectivity index (χ2v) is 5.76. The fraction of sp³-hybridized carbons (Fsp3) is 0.133. The van der Waals surface area contributed by atoms with Crippen molar-refractivity contribution in [3.05, 3.63) is 56.5 Å². The SMILES string of the molecule is Cc1cc(NC(=O)c2cccc(N)c2Cl)cc(C)c1Br. The van der Waals surface area contributed by atoms with Crippen molar-refractivity contribution < 1.29 is 4.79 Å². The Hall–Kier alpha value is -1.52. The molecule has 5 heteroatoms. The molecule has 0 aliphatic heterocycles. The molecule has 2 rings (SSSR count). The Balaban J connectivity index is 2.30. The molecule has 0 aliphatic rings. The number of benzene rings is 2. The van der Waals surface area contributed by atoms with Gasteiger partial charge in [0.05, 0.1) is 16.3 Å². The summed E-state index contributed by atoms with van der Waals surface area (Å²) >= 11 is 9.54. The van der Waals surface area contributed by atoms with Crippen LogP contribution in [0, 0.1) is 13.8 Å². The lowest BCUT2D eigenvalue weighted by Gasteiger charge is -2.11. The van der Waals surface area contributed by atoms with Crippen molar-refractivity contribution in [2.24, 2.45) is 0 Å². The fourth-order valence-electron chi connectivity index (χ4n) is 1.94. The van der Waals surface area contributed by atoms with Gasteiger partial charge in [-0.2, -0.15) is 0 Å². The van der Waals surface area contributed by atoms with Crippen molar-refractivity contribution in [2.75, 3.05) is 11.1 Å². The Morgan fingerprint density at radius 3 is 2.45 bits per heavy atom. The highest BCUT2D eigenvalue weighted by Crippen LogP contribution is 2.27. The molecule has 1 amide bonds. The average molecular weight is 354 g/mol. The molecule has 2 aromatic rings. The summed E-state index contributed by atoms with van der Waals surface area (Å²) in [6.45, 7) is 3.94. The van der Waals surface area contributed by atoms with Crippen LogP contribution in [-0.4, -0.2) is 5.91 Å². The molecular formula is C15H14BrClN2O. The summed E-state index contributed by atoms with van der Waals surface area (Å²) in [5.41, 5.74) is 9.30. The lowest BCUT2D eigenvalue weighted by atomic mass is 10.1. The number of nitrogens with one attached hydrogen (secondary N) is 1. The Morgan fingerprint density at radius 1 is 1.25 bits per heavy atom. The number of aryl methyl sites for hydroxylation is 2. The Morgan fingerprint density at radius 2 is 1.85 bits per heavy atom. The normalized spacial score (nSPS) is 10.4. The summed E-state index contributed by atoms with van der Waals surface area (Å²) in [5.74, 6) is -0.275. The van der Waals surface area contributed by atoms with Gasteiger partial charge in [0.1, 0.15) is 0 Å². The number of carbonyl (C=O) groups is 1. The Bertz CT molecular complexity index is 663. The molecule has 104 valence electrons. The molecule has 0 saturated carbocycles. The van der Waals surface area contributed by atoms with Gasteiger partial charge in [-0.15, -0.1) is 0 Å². The van der Waals surface area contributed by atoms with Crippen LogP contribution in [-0.2, 0) is 0 Å². The van der Waals surface area contributed by atoms with E-state index in [1.54, 1.807) is 18.2 Å². The zero-order valence-electron chi connectivity index (χ0n) is 11.1. The van der Waals surface area contributed by atoms with E-state index < -0.39 is 0 Å². The van der Waals surface area contributed by atoms with E-state index in [0.717, 1.165) is 21.3 Å². The second-order valence-electron chi connectivity index (χ2n) is 4.59. The maximum absolute atomic E-state index is 12.2. The molecule has 0 heterocycles. The number of anilines is 2. The number of nitrogen functional groups attached to an aromatic ring is 1. The number of halogens is 2. The van der Waals surface area contributed by atoms with Crippen LogP contribution in [0.4, 0.5) is 11.4 Å². The predicted octanol–water partition coefficient (Wildman–Crippen LogP) is 4.55. The van der Waals surface area contributed by atoms with Gasteiger partial charge in [-0.05, 0) is 49.2 Å². The van der Waals surface area contributed by atoms with Gasteiger partial charge >= 0.3 is 0 Å². The minimum absolute atomic E-state index is 0.274. The van der Waals surface area contributed by atoms with Crippen LogP contribution in [0.25, 0.3) is 0 Å². The van der Waals surface area contributed by atoms with Crippen LogP contribution in [0.15, 0.2) is 34.8 Å². The lowest BCUT2D eigenvalue weighted by molar-refractivity contribution is 0.102. The molecule has 20 heavy (non-hydrogen) atoms. The zero-order valence-corrected chi connectivity index (χ0v) is 13.5. The summed E-state index contributed by atoms with van der Waals surface area (Å²) in [6.07, 6.45) is 0. The topological polar surface area (TPSA) is 55.1 Å². The summed E-state index contributed by atoms with van der Waals surface area (Å²) in [6, 6.07) is 8.80.